The van der Waals surface area contributed by atoms with Gasteiger partial charge in [-0.1, -0.05) is 25.6 Å². The van der Waals surface area contributed by atoms with Crippen LogP contribution in [0.3, 0.4) is 0 Å². The first-order valence-corrected chi connectivity index (χ1v) is 10.6. The number of pyridine rings is 2. The first-order chi connectivity index (χ1) is 15.9. The monoisotopic (exact) mass is 450 g/mol. The van der Waals surface area contributed by atoms with E-state index in [1.807, 2.05) is 19.9 Å². The summed E-state index contributed by atoms with van der Waals surface area (Å²) >= 11 is 0. The van der Waals surface area contributed by atoms with Gasteiger partial charge in [-0.25, -0.2) is 9.78 Å². The molecular formula is C24H26N4O5. The maximum Gasteiger partial charge on any atom is 0.341 e. The number of nitrogens with zero attached hydrogens (tertiary/aromatic N) is 4. The van der Waals surface area contributed by atoms with E-state index < -0.39 is 11.9 Å². The molecule has 0 radical (unpaired) electrons. The average Bonchev–Trinajstić information content (AvgIpc) is 2.79. The van der Waals surface area contributed by atoms with Crippen LogP contribution in [0.25, 0.3) is 16.7 Å². The van der Waals surface area contributed by atoms with Crippen molar-refractivity contribution in [3.63, 3.8) is 0 Å². The van der Waals surface area contributed by atoms with Gasteiger partial charge < -0.3 is 14.0 Å². The molecule has 3 aromatic rings. The Morgan fingerprint density at radius 2 is 2.06 bits per heavy atom. The highest BCUT2D eigenvalue weighted by Crippen LogP contribution is 2.14. The van der Waals surface area contributed by atoms with Crippen molar-refractivity contribution in [3.8, 4) is 0 Å². The van der Waals surface area contributed by atoms with Crippen molar-refractivity contribution in [1.29, 1.82) is 0 Å². The van der Waals surface area contributed by atoms with Crippen LogP contribution in [0.5, 0.6) is 0 Å². The second-order valence-electron chi connectivity index (χ2n) is 7.17. The predicted molar refractivity (Wildman–Crippen MR) is 124 cm³/mol. The summed E-state index contributed by atoms with van der Waals surface area (Å²) < 4.78 is 13.4. The number of aryl methyl sites for hydroxylation is 2. The standard InChI is InChI=1S/C24H26N4O5/c1-5-8-13-32-15-19(29)25-22-18(24(31)33-7-3)14-17-21(27(22)11-6-2)26-20-16(4)10-9-12-28(20)23(17)30/h5,8-10,12-14H,1,6-7,11,15H2,2-4H3. The normalized spacial score (nSPS) is 11.9. The zero-order chi connectivity index (χ0) is 24.0. The van der Waals surface area contributed by atoms with Crippen LogP contribution >= 0.6 is 0 Å². The van der Waals surface area contributed by atoms with Crippen molar-refractivity contribution in [2.75, 3.05) is 13.2 Å². The fourth-order valence-corrected chi connectivity index (χ4v) is 3.38. The lowest BCUT2D eigenvalue weighted by Crippen LogP contribution is -2.33. The SMILES string of the molecule is C=CC=COCC(=O)N=c1c(C(=O)OCC)cc2c(=O)n3cccc(C)c3nc2n1CCC. The minimum absolute atomic E-state index is 0.0132. The highest BCUT2D eigenvalue weighted by molar-refractivity contribution is 5.93. The third kappa shape index (κ3) is 4.92. The van der Waals surface area contributed by atoms with Crippen LogP contribution in [-0.2, 0) is 20.8 Å². The van der Waals surface area contributed by atoms with Crippen LogP contribution in [-0.4, -0.2) is 39.0 Å². The zero-order valence-corrected chi connectivity index (χ0v) is 18.9. The molecule has 9 heteroatoms. The van der Waals surface area contributed by atoms with Gasteiger partial charge in [0.1, 0.15) is 16.9 Å². The molecule has 3 heterocycles. The molecule has 0 saturated heterocycles. The Kier molecular flexibility index (Phi) is 7.55. The van der Waals surface area contributed by atoms with Crippen molar-refractivity contribution in [2.45, 2.75) is 33.7 Å². The highest BCUT2D eigenvalue weighted by Gasteiger charge is 2.20. The summed E-state index contributed by atoms with van der Waals surface area (Å²) in [6.07, 6.45) is 6.65. The van der Waals surface area contributed by atoms with Gasteiger partial charge in [0.25, 0.3) is 11.5 Å². The molecule has 1 amide bonds. The van der Waals surface area contributed by atoms with Gasteiger partial charge in [0, 0.05) is 12.7 Å². The van der Waals surface area contributed by atoms with E-state index in [9.17, 15) is 14.4 Å². The molecule has 0 unspecified atom stereocenters. The number of esters is 1. The summed E-state index contributed by atoms with van der Waals surface area (Å²) in [7, 11) is 0. The lowest BCUT2D eigenvalue weighted by Gasteiger charge is -2.15. The summed E-state index contributed by atoms with van der Waals surface area (Å²) in [6.45, 7) is 9.16. The Hall–Kier alpha value is -4.01. The van der Waals surface area contributed by atoms with Crippen LogP contribution in [0.4, 0.5) is 0 Å². The third-order valence-corrected chi connectivity index (χ3v) is 4.80. The van der Waals surface area contributed by atoms with Crippen LogP contribution in [0.2, 0.25) is 0 Å². The van der Waals surface area contributed by atoms with Crippen molar-refractivity contribution in [3.05, 3.63) is 76.4 Å². The molecule has 0 aliphatic carbocycles. The predicted octanol–water partition coefficient (Wildman–Crippen LogP) is 2.69. The highest BCUT2D eigenvalue weighted by atomic mass is 16.5. The minimum Gasteiger partial charge on any atom is -0.491 e. The van der Waals surface area contributed by atoms with Gasteiger partial charge in [-0.2, -0.15) is 4.99 Å². The van der Waals surface area contributed by atoms with Gasteiger partial charge in [0.2, 0.25) is 0 Å². The Labute approximate surface area is 190 Å². The molecule has 172 valence electrons. The summed E-state index contributed by atoms with van der Waals surface area (Å²) in [5, 5.41) is 0.228. The second kappa shape index (κ2) is 10.5. The molecule has 0 aliphatic rings. The third-order valence-electron chi connectivity index (χ3n) is 4.80. The van der Waals surface area contributed by atoms with E-state index >= 15 is 0 Å². The number of rotatable bonds is 8. The van der Waals surface area contributed by atoms with Gasteiger partial charge in [0.15, 0.2) is 12.1 Å². The number of hydrogen-bond donors (Lipinski definition) is 0. The van der Waals surface area contributed by atoms with Gasteiger partial charge in [-0.15, -0.1) is 0 Å². The van der Waals surface area contributed by atoms with E-state index in [-0.39, 0.29) is 35.2 Å². The molecule has 3 aromatic heterocycles. The van der Waals surface area contributed by atoms with E-state index in [0.717, 1.165) is 5.56 Å². The van der Waals surface area contributed by atoms with Gasteiger partial charge in [0.05, 0.1) is 18.3 Å². The molecule has 0 fully saturated rings. The van der Waals surface area contributed by atoms with Crippen LogP contribution in [0.15, 0.2) is 59.2 Å². The molecule has 0 saturated carbocycles. The summed E-state index contributed by atoms with van der Waals surface area (Å²) in [5.74, 6) is -1.29. The summed E-state index contributed by atoms with van der Waals surface area (Å²) in [6, 6.07) is 5.01. The number of allylic oxidation sites excluding steroid dienone is 2. The molecule has 3 rings (SSSR count). The first kappa shape index (κ1) is 23.6. The molecule has 0 N–H and O–H groups in total. The molecular weight excluding hydrogens is 424 g/mol. The Morgan fingerprint density at radius 3 is 2.76 bits per heavy atom. The topological polar surface area (TPSA) is 104 Å². The maximum absolute atomic E-state index is 13.3. The van der Waals surface area contributed by atoms with Gasteiger partial charge in [-0.05, 0) is 44.0 Å². The Morgan fingerprint density at radius 1 is 1.27 bits per heavy atom. The fraction of sp³-hybridized carbons (Fsp3) is 0.292. The summed E-state index contributed by atoms with van der Waals surface area (Å²) in [5.41, 5.74) is 1.39. The lowest BCUT2D eigenvalue weighted by molar-refractivity contribution is -0.120. The molecule has 33 heavy (non-hydrogen) atoms. The van der Waals surface area contributed by atoms with Crippen molar-refractivity contribution in [1.82, 2.24) is 14.0 Å². The van der Waals surface area contributed by atoms with Crippen molar-refractivity contribution in [2.24, 2.45) is 4.99 Å². The van der Waals surface area contributed by atoms with E-state index in [1.54, 1.807) is 23.8 Å². The first-order valence-electron chi connectivity index (χ1n) is 10.6. The smallest absolute Gasteiger partial charge is 0.341 e. The van der Waals surface area contributed by atoms with Crippen molar-refractivity contribution >= 4 is 28.6 Å². The quantitative estimate of drug-likeness (QED) is 0.226. The average molecular weight is 450 g/mol. The maximum atomic E-state index is 13.3. The number of aromatic nitrogens is 3. The number of fused-ring (bicyclic) bond motifs is 2. The fourth-order valence-electron chi connectivity index (χ4n) is 3.38. The molecule has 9 nitrogen and oxygen atoms in total. The van der Waals surface area contributed by atoms with Crippen LogP contribution in [0, 0.1) is 6.92 Å². The van der Waals surface area contributed by atoms with Gasteiger partial charge >= 0.3 is 5.97 Å². The van der Waals surface area contributed by atoms with Gasteiger partial charge in [-0.3, -0.25) is 14.0 Å². The molecule has 0 bridgehead atoms. The molecule has 0 aromatic carbocycles. The molecule has 0 aliphatic heterocycles. The summed E-state index contributed by atoms with van der Waals surface area (Å²) in [4.78, 5) is 47.5. The zero-order valence-electron chi connectivity index (χ0n) is 18.9. The van der Waals surface area contributed by atoms with E-state index in [2.05, 4.69) is 11.6 Å². The number of amides is 1. The van der Waals surface area contributed by atoms with Crippen molar-refractivity contribution < 1.29 is 19.1 Å². The number of hydrogen-bond acceptors (Lipinski definition) is 6. The van der Waals surface area contributed by atoms with E-state index in [1.165, 1.54) is 28.9 Å². The van der Waals surface area contributed by atoms with E-state index in [4.69, 9.17) is 14.5 Å². The molecule has 0 atom stereocenters. The largest absolute Gasteiger partial charge is 0.491 e. The number of ether oxygens (including phenoxy) is 2. The number of carbonyl (C=O) groups is 2. The lowest BCUT2D eigenvalue weighted by atomic mass is 10.2. The van der Waals surface area contributed by atoms with Crippen LogP contribution < -0.4 is 11.0 Å². The Bertz CT molecular complexity index is 1380. The minimum atomic E-state index is -0.683. The number of carbonyl (C=O) groups excluding carboxylic acids is 2. The van der Waals surface area contributed by atoms with E-state index in [0.29, 0.717) is 24.3 Å². The van der Waals surface area contributed by atoms with Crippen LogP contribution in [0.1, 0.15) is 36.2 Å². The molecule has 0 spiro atoms. The Balaban J connectivity index is 2.38. The second-order valence-corrected chi connectivity index (χ2v) is 7.17.